The van der Waals surface area contributed by atoms with Crippen molar-refractivity contribution in [3.63, 3.8) is 0 Å². The number of alkyl halides is 6. The first-order chi connectivity index (χ1) is 20.4. The maximum atomic E-state index is 13.7. The van der Waals surface area contributed by atoms with E-state index in [1.165, 1.54) is 12.1 Å². The molecule has 0 atom stereocenters. The molecule has 0 fully saturated rings. The molecule has 0 saturated heterocycles. The Morgan fingerprint density at radius 3 is 2.23 bits per heavy atom. The van der Waals surface area contributed by atoms with Crippen LogP contribution in [-0.4, -0.2) is 30.8 Å². The van der Waals surface area contributed by atoms with E-state index in [-0.39, 0.29) is 24.0 Å². The Hall–Kier alpha value is -5.40. The monoisotopic (exact) mass is 600 g/mol. The predicted molar refractivity (Wildman–Crippen MR) is 139 cm³/mol. The van der Waals surface area contributed by atoms with Gasteiger partial charge in [0, 0.05) is 17.8 Å². The minimum Gasteiger partial charge on any atom is -0.488 e. The molecule has 0 amide bonds. The van der Waals surface area contributed by atoms with E-state index in [2.05, 4.69) is 15.1 Å². The summed E-state index contributed by atoms with van der Waals surface area (Å²) in [4.78, 5) is 19.3. The van der Waals surface area contributed by atoms with Crippen LogP contribution < -0.4 is 9.47 Å². The van der Waals surface area contributed by atoms with Gasteiger partial charge in [-0.05, 0) is 48.0 Å². The molecular weight excluding hydrogens is 582 g/mol. The molecule has 8 nitrogen and oxygen atoms in total. The van der Waals surface area contributed by atoms with E-state index in [0.717, 1.165) is 12.1 Å². The zero-order chi connectivity index (χ0) is 30.8. The van der Waals surface area contributed by atoms with E-state index in [1.54, 1.807) is 54.6 Å². The van der Waals surface area contributed by atoms with Crippen LogP contribution in [0.5, 0.6) is 17.4 Å². The molecule has 0 aliphatic rings. The van der Waals surface area contributed by atoms with Crippen molar-refractivity contribution >= 4 is 5.97 Å². The number of aromatic carboxylic acids is 1. The summed E-state index contributed by atoms with van der Waals surface area (Å²) < 4.78 is 91.2. The zero-order valence-corrected chi connectivity index (χ0v) is 21.6. The largest absolute Gasteiger partial charge is 0.488 e. The maximum Gasteiger partial charge on any atom is 0.434 e. The summed E-state index contributed by atoms with van der Waals surface area (Å²) in [5.41, 5.74) is -1.95. The Bertz CT molecular complexity index is 1750. The first-order valence-corrected chi connectivity index (χ1v) is 12.3. The van der Waals surface area contributed by atoms with Gasteiger partial charge in [-0.15, -0.1) is 0 Å². The van der Waals surface area contributed by atoms with Crippen molar-refractivity contribution in [2.24, 2.45) is 0 Å². The van der Waals surface area contributed by atoms with Crippen LogP contribution in [0.4, 0.5) is 26.3 Å². The van der Waals surface area contributed by atoms with Gasteiger partial charge in [-0.2, -0.15) is 31.4 Å². The third-order valence-electron chi connectivity index (χ3n) is 5.99. The van der Waals surface area contributed by atoms with E-state index in [4.69, 9.17) is 9.47 Å². The van der Waals surface area contributed by atoms with E-state index >= 15 is 0 Å². The van der Waals surface area contributed by atoms with E-state index < -0.39 is 35.1 Å². The number of ether oxygens (including phenoxy) is 2. The van der Waals surface area contributed by atoms with Gasteiger partial charge >= 0.3 is 18.3 Å². The number of benzene rings is 2. The highest BCUT2D eigenvalue weighted by Gasteiger charge is 2.41. The smallest absolute Gasteiger partial charge is 0.434 e. The molecule has 5 aromatic rings. The molecule has 220 valence electrons. The van der Waals surface area contributed by atoms with Crippen LogP contribution in [0.3, 0.4) is 0 Å². The topological polar surface area (TPSA) is 99.4 Å². The van der Waals surface area contributed by atoms with Gasteiger partial charge in [-0.3, -0.25) is 0 Å². The van der Waals surface area contributed by atoms with E-state index in [1.807, 2.05) is 0 Å². The third-order valence-corrected chi connectivity index (χ3v) is 5.99. The lowest BCUT2D eigenvalue weighted by molar-refractivity contribution is -0.143. The Kier molecular flexibility index (Phi) is 7.76. The Balaban J connectivity index is 1.32. The number of nitrogens with zero attached hydrogens (tertiary/aromatic N) is 4. The standard InChI is InChI=1S/C29H18F6N4O4/c30-28(31,32)18-10-13-25(36-14-18)43-19-11-8-17(9-12-19)16-42-23-6-2-1-4-20(23)22-5-3-7-24(38-22)39-26(29(33,34)35)21(15-37-39)27(40)41/h1-15H,16H2,(H,40,41). The number of aromatic nitrogens is 4. The molecule has 2 aromatic carbocycles. The van der Waals surface area contributed by atoms with Crippen molar-refractivity contribution in [2.75, 3.05) is 0 Å². The molecular formula is C29H18F6N4O4. The lowest BCUT2D eigenvalue weighted by Gasteiger charge is -2.14. The van der Waals surface area contributed by atoms with E-state index in [0.29, 0.717) is 39.7 Å². The van der Waals surface area contributed by atoms with Crippen LogP contribution in [0.15, 0.2) is 91.3 Å². The molecule has 43 heavy (non-hydrogen) atoms. The molecule has 0 spiro atoms. The number of para-hydroxylation sites is 1. The fourth-order valence-corrected chi connectivity index (χ4v) is 3.99. The van der Waals surface area contributed by atoms with Gasteiger partial charge in [0.1, 0.15) is 23.7 Å². The molecule has 5 rings (SSSR count). The molecule has 3 aromatic heterocycles. The zero-order valence-electron chi connectivity index (χ0n) is 21.6. The molecule has 0 aliphatic carbocycles. The second kappa shape index (κ2) is 11.5. The molecule has 3 heterocycles. The normalized spacial score (nSPS) is 11.8. The summed E-state index contributed by atoms with van der Waals surface area (Å²) in [6.07, 6.45) is -8.21. The quantitative estimate of drug-likeness (QED) is 0.185. The van der Waals surface area contributed by atoms with Crippen molar-refractivity contribution < 1.29 is 45.7 Å². The molecule has 0 bridgehead atoms. The number of rotatable bonds is 8. The number of hydrogen-bond acceptors (Lipinski definition) is 6. The van der Waals surface area contributed by atoms with Gasteiger partial charge in [-0.25, -0.2) is 19.4 Å². The number of carboxylic acids is 1. The molecule has 0 radical (unpaired) electrons. The molecule has 0 saturated carbocycles. The number of carboxylic acid groups (broad SMARTS) is 1. The summed E-state index contributed by atoms with van der Waals surface area (Å²) in [6, 6.07) is 19.5. The number of hydrogen-bond donors (Lipinski definition) is 1. The summed E-state index contributed by atoms with van der Waals surface area (Å²) in [5, 5.41) is 12.8. The predicted octanol–water partition coefficient (Wildman–Crippen LogP) is 7.44. The molecule has 0 aliphatic heterocycles. The van der Waals surface area contributed by atoms with Crippen LogP contribution in [0.2, 0.25) is 0 Å². The Morgan fingerprint density at radius 2 is 1.58 bits per heavy atom. The Labute approximate surface area is 238 Å². The maximum absolute atomic E-state index is 13.7. The van der Waals surface area contributed by atoms with Crippen molar-refractivity contribution in [3.8, 4) is 34.5 Å². The molecule has 14 heteroatoms. The van der Waals surface area contributed by atoms with Gasteiger partial charge in [0.25, 0.3) is 0 Å². The average molecular weight is 600 g/mol. The number of halogens is 6. The molecule has 0 unspecified atom stereocenters. The molecule has 1 N–H and O–H groups in total. The van der Waals surface area contributed by atoms with Crippen molar-refractivity contribution in [1.82, 2.24) is 19.7 Å². The van der Waals surface area contributed by atoms with Gasteiger partial charge < -0.3 is 14.6 Å². The highest BCUT2D eigenvalue weighted by Crippen LogP contribution is 2.35. The minimum absolute atomic E-state index is 0.0164. The fraction of sp³-hybridized carbons (Fsp3) is 0.103. The SMILES string of the molecule is O=C(O)c1cnn(-c2cccc(-c3ccccc3OCc3ccc(Oc4ccc(C(F)(F)F)cn4)cc3)n2)c1C(F)(F)F. The summed E-state index contributed by atoms with van der Waals surface area (Å²) >= 11 is 0. The lowest BCUT2D eigenvalue weighted by Crippen LogP contribution is -2.18. The van der Waals surface area contributed by atoms with Gasteiger partial charge in [0.2, 0.25) is 5.88 Å². The number of carbonyl (C=O) groups is 1. The highest BCUT2D eigenvalue weighted by atomic mass is 19.4. The summed E-state index contributed by atoms with van der Waals surface area (Å²) in [5.74, 6) is -1.34. The summed E-state index contributed by atoms with van der Waals surface area (Å²) in [7, 11) is 0. The van der Waals surface area contributed by atoms with Crippen molar-refractivity contribution in [3.05, 3.63) is 114 Å². The van der Waals surface area contributed by atoms with Crippen molar-refractivity contribution in [2.45, 2.75) is 19.0 Å². The van der Waals surface area contributed by atoms with E-state index in [9.17, 15) is 36.2 Å². The lowest BCUT2D eigenvalue weighted by atomic mass is 10.1. The van der Waals surface area contributed by atoms with Gasteiger partial charge in [0.15, 0.2) is 11.5 Å². The van der Waals surface area contributed by atoms with Crippen LogP contribution in [0, 0.1) is 0 Å². The average Bonchev–Trinajstić information content (AvgIpc) is 3.44. The highest BCUT2D eigenvalue weighted by molar-refractivity contribution is 5.89. The number of pyridine rings is 2. The Morgan fingerprint density at radius 1 is 0.837 bits per heavy atom. The third kappa shape index (κ3) is 6.58. The first kappa shape index (κ1) is 29.1. The van der Waals surface area contributed by atoms with Gasteiger partial charge in [-0.1, -0.05) is 30.3 Å². The fourth-order valence-electron chi connectivity index (χ4n) is 3.99. The van der Waals surface area contributed by atoms with Crippen LogP contribution in [0.25, 0.3) is 17.1 Å². The second-order valence-electron chi connectivity index (χ2n) is 8.92. The van der Waals surface area contributed by atoms with Crippen LogP contribution >= 0.6 is 0 Å². The first-order valence-electron chi connectivity index (χ1n) is 12.3. The van der Waals surface area contributed by atoms with Crippen LogP contribution in [0.1, 0.15) is 27.2 Å². The second-order valence-corrected chi connectivity index (χ2v) is 8.92. The minimum atomic E-state index is -5.00. The summed E-state index contributed by atoms with van der Waals surface area (Å²) in [6.45, 7) is 0.0782. The van der Waals surface area contributed by atoms with Crippen LogP contribution in [-0.2, 0) is 19.0 Å². The van der Waals surface area contributed by atoms with Gasteiger partial charge in [0.05, 0.1) is 17.5 Å². The van der Waals surface area contributed by atoms with Crippen molar-refractivity contribution in [1.29, 1.82) is 0 Å².